The molecular weight excluding hydrogens is 450 g/mol. The summed E-state index contributed by atoms with van der Waals surface area (Å²) in [6.07, 6.45) is 3.77. The number of carbonyl (C=O) groups excluding carboxylic acids is 2. The van der Waals surface area contributed by atoms with E-state index in [9.17, 15) is 14.4 Å². The molecule has 0 atom stereocenters. The number of rotatable bonds is 4. The molecule has 30 heavy (non-hydrogen) atoms. The number of hydrogen-bond donors (Lipinski definition) is 1. The quantitative estimate of drug-likeness (QED) is 0.588. The summed E-state index contributed by atoms with van der Waals surface area (Å²) in [7, 11) is 0. The van der Waals surface area contributed by atoms with Crippen LogP contribution in [-0.4, -0.2) is 28.0 Å². The summed E-state index contributed by atoms with van der Waals surface area (Å²) < 4.78 is 7.76. The van der Waals surface area contributed by atoms with Crippen LogP contribution in [0.5, 0.6) is 0 Å². The molecule has 0 bridgehead atoms. The molecule has 1 aromatic heterocycles. The molecule has 0 saturated carbocycles. The lowest BCUT2D eigenvalue weighted by Crippen LogP contribution is -2.25. The molecule has 1 N–H and O–H groups in total. The summed E-state index contributed by atoms with van der Waals surface area (Å²) >= 11 is 3.32. The predicted octanol–water partition coefficient (Wildman–Crippen LogP) is 3.68. The van der Waals surface area contributed by atoms with E-state index in [-0.39, 0.29) is 11.1 Å². The van der Waals surface area contributed by atoms with Gasteiger partial charge in [-0.3, -0.25) is 14.2 Å². The molecule has 1 aliphatic rings. The first-order valence-corrected chi connectivity index (χ1v) is 10.6. The molecule has 0 aliphatic carbocycles. The number of nitrogens with one attached hydrogen (secondary N) is 1. The van der Waals surface area contributed by atoms with E-state index in [1.54, 1.807) is 41.0 Å². The van der Waals surface area contributed by atoms with Crippen molar-refractivity contribution in [3.63, 3.8) is 0 Å². The van der Waals surface area contributed by atoms with Crippen molar-refractivity contribution in [1.29, 1.82) is 0 Å². The maximum Gasteiger partial charge on any atom is 0.338 e. The number of halogens is 1. The summed E-state index contributed by atoms with van der Waals surface area (Å²) in [6.45, 7) is 0.265. The Morgan fingerprint density at radius 3 is 2.70 bits per heavy atom. The Morgan fingerprint density at radius 1 is 1.10 bits per heavy atom. The number of fused-ring (bicyclic) bond motifs is 2. The highest BCUT2D eigenvalue weighted by Gasteiger charge is 2.16. The van der Waals surface area contributed by atoms with Gasteiger partial charge in [0.15, 0.2) is 6.61 Å². The first-order chi connectivity index (χ1) is 14.5. The van der Waals surface area contributed by atoms with Gasteiger partial charge in [0.1, 0.15) is 5.82 Å². The van der Waals surface area contributed by atoms with Crippen LogP contribution in [0.2, 0.25) is 0 Å². The minimum atomic E-state index is -0.639. The smallest absolute Gasteiger partial charge is 0.338 e. The Morgan fingerprint density at radius 2 is 1.90 bits per heavy atom. The number of amides is 1. The Bertz CT molecular complexity index is 1170. The molecule has 3 aromatic rings. The molecule has 154 valence electrons. The zero-order valence-corrected chi connectivity index (χ0v) is 17.8. The van der Waals surface area contributed by atoms with E-state index < -0.39 is 18.5 Å². The molecule has 0 saturated heterocycles. The van der Waals surface area contributed by atoms with Gasteiger partial charge in [-0.05, 0) is 55.3 Å². The van der Waals surface area contributed by atoms with Crippen LogP contribution in [0.15, 0.2) is 51.7 Å². The molecule has 4 rings (SSSR count). The number of hydrogen-bond acceptors (Lipinski definition) is 5. The lowest BCUT2D eigenvalue weighted by atomic mass is 10.1. The number of aryl methyl sites for hydroxylation is 1. The van der Waals surface area contributed by atoms with Crippen molar-refractivity contribution in [1.82, 2.24) is 9.55 Å². The van der Waals surface area contributed by atoms with E-state index in [1.807, 2.05) is 0 Å². The first-order valence-electron chi connectivity index (χ1n) is 9.77. The molecule has 1 amide bonds. The van der Waals surface area contributed by atoms with Gasteiger partial charge in [0, 0.05) is 23.1 Å². The zero-order chi connectivity index (χ0) is 21.1. The third-order valence-corrected chi connectivity index (χ3v) is 5.54. The summed E-state index contributed by atoms with van der Waals surface area (Å²) in [5, 5.41) is 3.14. The van der Waals surface area contributed by atoms with Crippen LogP contribution in [0.25, 0.3) is 10.9 Å². The van der Waals surface area contributed by atoms with Crippen molar-refractivity contribution in [2.45, 2.75) is 32.2 Å². The standard InChI is InChI=1S/C22H20BrN3O4/c23-15-6-8-16(9-7-15)24-20(27)13-30-22(29)14-5-10-17-18(12-14)25-19-4-2-1-3-11-26(19)21(17)28/h5-10,12H,1-4,11,13H2,(H,24,27). The topological polar surface area (TPSA) is 90.3 Å². The average Bonchev–Trinajstić information content (AvgIpc) is 2.99. The molecule has 0 spiro atoms. The second-order valence-electron chi connectivity index (χ2n) is 7.16. The fourth-order valence-corrected chi connectivity index (χ4v) is 3.75. The van der Waals surface area contributed by atoms with E-state index >= 15 is 0 Å². The number of aromatic nitrogens is 2. The van der Waals surface area contributed by atoms with E-state index in [0.29, 0.717) is 23.1 Å². The zero-order valence-electron chi connectivity index (χ0n) is 16.2. The molecule has 0 radical (unpaired) electrons. The Labute approximate surface area is 181 Å². The number of nitrogens with zero attached hydrogens (tertiary/aromatic N) is 2. The van der Waals surface area contributed by atoms with Crippen molar-refractivity contribution >= 4 is 44.4 Å². The van der Waals surface area contributed by atoms with Crippen molar-refractivity contribution in [3.8, 4) is 0 Å². The third kappa shape index (κ3) is 4.43. The van der Waals surface area contributed by atoms with Crippen molar-refractivity contribution < 1.29 is 14.3 Å². The van der Waals surface area contributed by atoms with Crippen LogP contribution >= 0.6 is 15.9 Å². The van der Waals surface area contributed by atoms with Crippen LogP contribution in [-0.2, 0) is 22.5 Å². The van der Waals surface area contributed by atoms with Gasteiger partial charge in [-0.1, -0.05) is 22.4 Å². The molecule has 0 unspecified atom stereocenters. The molecule has 1 aliphatic heterocycles. The van der Waals surface area contributed by atoms with Gasteiger partial charge in [-0.15, -0.1) is 0 Å². The van der Waals surface area contributed by atoms with E-state index in [4.69, 9.17) is 4.74 Å². The van der Waals surface area contributed by atoms with E-state index in [1.165, 1.54) is 6.07 Å². The fourth-order valence-electron chi connectivity index (χ4n) is 3.49. The highest BCUT2D eigenvalue weighted by atomic mass is 79.9. The summed E-state index contributed by atoms with van der Waals surface area (Å²) in [4.78, 5) is 41.8. The van der Waals surface area contributed by atoms with Crippen LogP contribution < -0.4 is 10.9 Å². The number of ether oxygens (including phenoxy) is 1. The first kappa shape index (κ1) is 20.3. The number of anilines is 1. The number of carbonyl (C=O) groups is 2. The molecule has 8 heteroatoms. The minimum absolute atomic E-state index is 0.0781. The Hall–Kier alpha value is -3.00. The largest absolute Gasteiger partial charge is 0.452 e. The fraction of sp³-hybridized carbons (Fsp3) is 0.273. The van der Waals surface area contributed by atoms with E-state index in [2.05, 4.69) is 26.2 Å². The predicted molar refractivity (Wildman–Crippen MR) is 117 cm³/mol. The SMILES string of the molecule is O=C(COC(=O)c1ccc2c(=O)n3c(nc2c1)CCCCC3)Nc1ccc(Br)cc1. The van der Waals surface area contributed by atoms with Gasteiger partial charge < -0.3 is 10.1 Å². The maximum absolute atomic E-state index is 12.8. The van der Waals surface area contributed by atoms with Crippen LogP contribution in [0, 0.1) is 0 Å². The number of benzene rings is 2. The highest BCUT2D eigenvalue weighted by molar-refractivity contribution is 9.10. The molecule has 7 nitrogen and oxygen atoms in total. The monoisotopic (exact) mass is 469 g/mol. The molecule has 2 heterocycles. The van der Waals surface area contributed by atoms with Gasteiger partial charge in [0.05, 0.1) is 16.5 Å². The molecular formula is C22H20BrN3O4. The van der Waals surface area contributed by atoms with Crippen molar-refractivity contribution in [2.24, 2.45) is 0 Å². The van der Waals surface area contributed by atoms with Gasteiger partial charge in [-0.2, -0.15) is 0 Å². The van der Waals surface area contributed by atoms with Gasteiger partial charge >= 0.3 is 5.97 Å². The second-order valence-corrected chi connectivity index (χ2v) is 8.07. The van der Waals surface area contributed by atoms with Crippen molar-refractivity contribution in [3.05, 3.63) is 68.7 Å². The van der Waals surface area contributed by atoms with Gasteiger partial charge in [0.25, 0.3) is 11.5 Å². The molecule has 0 fully saturated rings. The minimum Gasteiger partial charge on any atom is -0.452 e. The molecule has 2 aromatic carbocycles. The Kier molecular flexibility index (Phi) is 5.94. The summed E-state index contributed by atoms with van der Waals surface area (Å²) in [5.41, 5.74) is 1.26. The second kappa shape index (κ2) is 8.79. The van der Waals surface area contributed by atoms with E-state index in [0.717, 1.165) is 36.0 Å². The van der Waals surface area contributed by atoms with Crippen LogP contribution in [0.4, 0.5) is 5.69 Å². The number of esters is 1. The van der Waals surface area contributed by atoms with Gasteiger partial charge in [-0.25, -0.2) is 9.78 Å². The Balaban J connectivity index is 1.47. The lowest BCUT2D eigenvalue weighted by molar-refractivity contribution is -0.119. The lowest BCUT2D eigenvalue weighted by Gasteiger charge is -2.11. The van der Waals surface area contributed by atoms with Crippen LogP contribution in [0.3, 0.4) is 0 Å². The van der Waals surface area contributed by atoms with Gasteiger partial charge in [0.2, 0.25) is 0 Å². The normalized spacial score (nSPS) is 13.4. The van der Waals surface area contributed by atoms with Crippen molar-refractivity contribution in [2.75, 3.05) is 11.9 Å². The highest BCUT2D eigenvalue weighted by Crippen LogP contribution is 2.17. The summed E-state index contributed by atoms with van der Waals surface area (Å²) in [5.74, 6) is -0.322. The maximum atomic E-state index is 12.8. The third-order valence-electron chi connectivity index (χ3n) is 5.01. The summed E-state index contributed by atoms with van der Waals surface area (Å²) in [6, 6.07) is 11.8. The van der Waals surface area contributed by atoms with Crippen LogP contribution in [0.1, 0.15) is 35.4 Å². The average molecular weight is 470 g/mol.